The molecule has 6 nitrogen and oxygen atoms in total. The Balaban J connectivity index is 1.74. The second-order valence-electron chi connectivity index (χ2n) is 4.57. The van der Waals surface area contributed by atoms with Crippen LogP contribution in [0.1, 0.15) is 34.9 Å². The van der Waals surface area contributed by atoms with Gasteiger partial charge in [-0.15, -0.1) is 0 Å². The van der Waals surface area contributed by atoms with E-state index in [1.165, 1.54) is 4.68 Å². The van der Waals surface area contributed by atoms with Gasteiger partial charge in [-0.1, -0.05) is 11.6 Å². The van der Waals surface area contributed by atoms with Crippen LogP contribution in [0.3, 0.4) is 0 Å². The van der Waals surface area contributed by atoms with Crippen LogP contribution in [0.5, 0.6) is 0 Å². The summed E-state index contributed by atoms with van der Waals surface area (Å²) in [5.41, 5.74) is 0.879. The molecule has 0 saturated heterocycles. The maximum Gasteiger partial charge on any atom is 0.258 e. The third kappa shape index (κ3) is 2.58. The molecule has 0 atom stereocenters. The number of hydrogen-bond donors (Lipinski definition) is 1. The smallest absolute Gasteiger partial charge is 0.258 e. The van der Waals surface area contributed by atoms with Gasteiger partial charge in [0.2, 0.25) is 0 Å². The van der Waals surface area contributed by atoms with Gasteiger partial charge in [-0.25, -0.2) is 9.97 Å². The second kappa shape index (κ2) is 4.62. The van der Waals surface area contributed by atoms with Gasteiger partial charge >= 0.3 is 0 Å². The molecule has 98 valence electrons. The normalized spacial score (nSPS) is 14.4. The van der Waals surface area contributed by atoms with Crippen LogP contribution in [-0.2, 0) is 7.05 Å². The van der Waals surface area contributed by atoms with Crippen LogP contribution >= 0.6 is 11.6 Å². The van der Waals surface area contributed by atoms with Crippen LogP contribution in [0, 0.1) is 0 Å². The first-order valence-electron chi connectivity index (χ1n) is 5.96. The lowest BCUT2D eigenvalue weighted by Crippen LogP contribution is -2.13. The summed E-state index contributed by atoms with van der Waals surface area (Å²) in [4.78, 5) is 20.4. The Morgan fingerprint density at radius 3 is 2.63 bits per heavy atom. The lowest BCUT2D eigenvalue weighted by molar-refractivity contribution is 0.102. The molecular weight excluding hydrogens is 266 g/mol. The lowest BCUT2D eigenvalue weighted by Gasteiger charge is -2.03. The summed E-state index contributed by atoms with van der Waals surface area (Å²) >= 11 is 5.87. The highest BCUT2D eigenvalue weighted by molar-refractivity contribution is 6.32. The number of anilines is 1. The molecule has 1 amide bonds. The van der Waals surface area contributed by atoms with Crippen molar-refractivity contribution in [2.75, 3.05) is 5.32 Å². The molecule has 1 saturated carbocycles. The fourth-order valence-corrected chi connectivity index (χ4v) is 1.96. The van der Waals surface area contributed by atoms with Crippen LogP contribution in [0.15, 0.2) is 18.6 Å². The largest absolute Gasteiger partial charge is 0.318 e. The second-order valence-corrected chi connectivity index (χ2v) is 4.92. The maximum absolute atomic E-state index is 12.0. The van der Waals surface area contributed by atoms with Crippen molar-refractivity contribution in [1.82, 2.24) is 19.7 Å². The van der Waals surface area contributed by atoms with Gasteiger partial charge in [0.25, 0.3) is 5.91 Å². The average Bonchev–Trinajstić information content (AvgIpc) is 3.17. The third-order valence-corrected chi connectivity index (χ3v) is 3.19. The Morgan fingerprint density at radius 2 is 2.11 bits per heavy atom. The van der Waals surface area contributed by atoms with Crippen LogP contribution in [0.25, 0.3) is 0 Å². The van der Waals surface area contributed by atoms with Crippen LogP contribution in [-0.4, -0.2) is 25.7 Å². The summed E-state index contributed by atoms with van der Waals surface area (Å²) in [5.74, 6) is 0.998. The van der Waals surface area contributed by atoms with E-state index in [1.54, 1.807) is 25.6 Å². The molecule has 0 spiro atoms. The summed E-state index contributed by atoms with van der Waals surface area (Å²) in [6.45, 7) is 0. The molecule has 7 heteroatoms. The van der Waals surface area contributed by atoms with E-state index in [9.17, 15) is 4.79 Å². The molecule has 0 aromatic carbocycles. The van der Waals surface area contributed by atoms with E-state index < -0.39 is 0 Å². The molecule has 1 aliphatic carbocycles. The number of halogens is 1. The Kier molecular flexibility index (Phi) is 2.94. The van der Waals surface area contributed by atoms with Crippen molar-refractivity contribution in [3.63, 3.8) is 0 Å². The van der Waals surface area contributed by atoms with Gasteiger partial charge in [-0.2, -0.15) is 5.10 Å². The van der Waals surface area contributed by atoms with E-state index in [4.69, 9.17) is 11.6 Å². The SMILES string of the molecule is Cn1cc(NC(=O)c2cnc(C3CC3)nc2)c(Cl)n1. The average molecular weight is 278 g/mol. The molecule has 2 heterocycles. The number of rotatable bonds is 3. The zero-order valence-electron chi connectivity index (χ0n) is 10.3. The molecule has 19 heavy (non-hydrogen) atoms. The van der Waals surface area contributed by atoms with E-state index in [-0.39, 0.29) is 11.1 Å². The fourth-order valence-electron chi connectivity index (χ4n) is 1.75. The highest BCUT2D eigenvalue weighted by atomic mass is 35.5. The van der Waals surface area contributed by atoms with Crippen molar-refractivity contribution in [2.24, 2.45) is 7.05 Å². The van der Waals surface area contributed by atoms with E-state index >= 15 is 0 Å². The predicted octanol–water partition coefficient (Wildman–Crippen LogP) is 1.99. The topological polar surface area (TPSA) is 72.7 Å². The first-order chi connectivity index (χ1) is 9.13. The van der Waals surface area contributed by atoms with Crippen LogP contribution in [0.2, 0.25) is 5.15 Å². The Morgan fingerprint density at radius 1 is 1.42 bits per heavy atom. The number of carbonyl (C=O) groups is 1. The molecule has 0 aliphatic heterocycles. The minimum absolute atomic E-state index is 0.256. The van der Waals surface area contributed by atoms with Crippen molar-refractivity contribution in [3.05, 3.63) is 35.1 Å². The minimum Gasteiger partial charge on any atom is -0.318 e. The van der Waals surface area contributed by atoms with Gasteiger partial charge in [-0.3, -0.25) is 9.48 Å². The van der Waals surface area contributed by atoms with Gasteiger partial charge in [0.05, 0.1) is 11.3 Å². The molecule has 0 radical (unpaired) electrons. The predicted molar refractivity (Wildman–Crippen MR) is 70.2 cm³/mol. The highest BCUT2D eigenvalue weighted by Gasteiger charge is 2.26. The summed E-state index contributed by atoms with van der Waals surface area (Å²) in [6.07, 6.45) is 6.99. The van der Waals surface area contributed by atoms with E-state index in [2.05, 4.69) is 20.4 Å². The molecule has 0 unspecified atom stereocenters. The molecule has 2 aromatic heterocycles. The Bertz CT molecular complexity index is 618. The highest BCUT2D eigenvalue weighted by Crippen LogP contribution is 2.37. The van der Waals surface area contributed by atoms with Gasteiger partial charge in [-0.05, 0) is 12.8 Å². The van der Waals surface area contributed by atoms with Gasteiger partial charge in [0.1, 0.15) is 5.82 Å². The molecule has 1 fully saturated rings. The summed E-state index contributed by atoms with van der Waals surface area (Å²) in [6, 6.07) is 0. The van der Waals surface area contributed by atoms with E-state index in [1.807, 2.05) is 0 Å². The van der Waals surface area contributed by atoms with Crippen LogP contribution < -0.4 is 5.32 Å². The summed E-state index contributed by atoms with van der Waals surface area (Å²) in [5, 5.41) is 6.87. The number of carbonyl (C=O) groups excluding carboxylic acids is 1. The first kappa shape index (κ1) is 12.1. The monoisotopic (exact) mass is 277 g/mol. The lowest BCUT2D eigenvalue weighted by atomic mass is 10.3. The van der Waals surface area contributed by atoms with Crippen molar-refractivity contribution in [2.45, 2.75) is 18.8 Å². The Hall–Kier alpha value is -1.95. The van der Waals surface area contributed by atoms with Crippen molar-refractivity contribution in [1.29, 1.82) is 0 Å². The zero-order chi connectivity index (χ0) is 13.4. The first-order valence-corrected chi connectivity index (χ1v) is 6.33. The summed E-state index contributed by atoms with van der Waals surface area (Å²) < 4.78 is 1.53. The number of nitrogens with zero attached hydrogens (tertiary/aromatic N) is 4. The number of aromatic nitrogens is 4. The number of aryl methyl sites for hydroxylation is 1. The van der Waals surface area contributed by atoms with Gasteiger partial charge < -0.3 is 5.32 Å². The molecular formula is C12H12ClN5O. The Labute approximate surface area is 114 Å². The van der Waals surface area contributed by atoms with Gasteiger partial charge in [0, 0.05) is 31.6 Å². The number of amides is 1. The molecule has 1 N–H and O–H groups in total. The maximum atomic E-state index is 12.0. The van der Waals surface area contributed by atoms with Crippen molar-refractivity contribution < 1.29 is 4.79 Å². The molecule has 1 aliphatic rings. The third-order valence-electron chi connectivity index (χ3n) is 2.91. The van der Waals surface area contributed by atoms with E-state index in [0.717, 1.165) is 18.7 Å². The summed E-state index contributed by atoms with van der Waals surface area (Å²) in [7, 11) is 1.73. The number of nitrogens with one attached hydrogen (secondary N) is 1. The fraction of sp³-hybridized carbons (Fsp3) is 0.333. The standard InChI is InChI=1S/C12H12ClN5O/c1-18-6-9(10(13)17-18)16-12(19)8-4-14-11(15-5-8)7-2-3-7/h4-7H,2-3H2,1H3,(H,16,19). The molecule has 0 bridgehead atoms. The number of hydrogen-bond acceptors (Lipinski definition) is 4. The van der Waals surface area contributed by atoms with Crippen LogP contribution in [0.4, 0.5) is 5.69 Å². The van der Waals surface area contributed by atoms with Gasteiger partial charge in [0.15, 0.2) is 5.15 Å². The minimum atomic E-state index is -0.294. The van der Waals surface area contributed by atoms with E-state index in [0.29, 0.717) is 17.2 Å². The quantitative estimate of drug-likeness (QED) is 0.931. The van der Waals surface area contributed by atoms with Crippen molar-refractivity contribution >= 4 is 23.2 Å². The van der Waals surface area contributed by atoms with Crippen molar-refractivity contribution in [3.8, 4) is 0 Å². The molecule has 2 aromatic rings. The molecule has 3 rings (SSSR count). The zero-order valence-corrected chi connectivity index (χ0v) is 11.1.